The van der Waals surface area contributed by atoms with E-state index in [4.69, 9.17) is 14.2 Å². The Balaban J connectivity index is 1.86. The smallest absolute Gasteiger partial charge is 0.325 e. The lowest BCUT2D eigenvalue weighted by atomic mass is 10.1. The fraction of sp³-hybridized carbons (Fsp3) is 0.263. The Kier molecular flexibility index (Phi) is 6.39. The number of carbonyl (C=O) groups excluding carboxylic acids is 2. The molecule has 2 aromatic rings. The van der Waals surface area contributed by atoms with E-state index in [1.54, 1.807) is 31.4 Å². The second-order valence-electron chi connectivity index (χ2n) is 5.39. The van der Waals surface area contributed by atoms with Gasteiger partial charge in [0.2, 0.25) is 0 Å². The Bertz CT molecular complexity index is 757. The van der Waals surface area contributed by atoms with Crippen molar-refractivity contribution in [1.29, 1.82) is 0 Å². The number of hydrogen-bond acceptors (Lipinski definition) is 5. The molecular weight excluding hydrogens is 322 g/mol. The van der Waals surface area contributed by atoms with E-state index in [9.17, 15) is 9.59 Å². The molecule has 1 N–H and O–H groups in total. The van der Waals surface area contributed by atoms with E-state index in [1.165, 1.54) is 7.11 Å². The molecule has 0 aliphatic heterocycles. The molecule has 0 aliphatic carbocycles. The van der Waals surface area contributed by atoms with Crippen LogP contribution >= 0.6 is 0 Å². The molecule has 0 unspecified atom stereocenters. The molecule has 0 aliphatic rings. The van der Waals surface area contributed by atoms with Crippen LogP contribution in [0.5, 0.6) is 11.5 Å². The van der Waals surface area contributed by atoms with Crippen LogP contribution < -0.4 is 14.8 Å². The zero-order valence-corrected chi connectivity index (χ0v) is 14.5. The summed E-state index contributed by atoms with van der Waals surface area (Å²) >= 11 is 0. The molecule has 0 spiro atoms. The minimum atomic E-state index is -0.528. The molecule has 2 rings (SSSR count). The zero-order valence-electron chi connectivity index (χ0n) is 14.5. The standard InChI is InChI=1S/C19H21NO5/c1-13-7-8-17(24-3)15(9-13)12-25-18(21)11-20-19(22)14-5-4-6-16(10-14)23-2/h4-10H,11-12H2,1-3H3,(H,20,22). The number of carbonyl (C=O) groups is 2. The Morgan fingerprint density at radius 1 is 1.04 bits per heavy atom. The van der Waals surface area contributed by atoms with Gasteiger partial charge < -0.3 is 19.5 Å². The van der Waals surface area contributed by atoms with Gasteiger partial charge in [-0.1, -0.05) is 17.7 Å². The summed E-state index contributed by atoms with van der Waals surface area (Å²) in [7, 11) is 3.08. The third kappa shape index (κ3) is 5.24. The van der Waals surface area contributed by atoms with Crippen molar-refractivity contribution in [1.82, 2.24) is 5.32 Å². The normalized spacial score (nSPS) is 10.0. The zero-order chi connectivity index (χ0) is 18.2. The van der Waals surface area contributed by atoms with Gasteiger partial charge in [0, 0.05) is 11.1 Å². The van der Waals surface area contributed by atoms with Crippen molar-refractivity contribution in [2.75, 3.05) is 20.8 Å². The van der Waals surface area contributed by atoms with Crippen molar-refractivity contribution >= 4 is 11.9 Å². The summed E-state index contributed by atoms with van der Waals surface area (Å²) in [5, 5.41) is 2.53. The second-order valence-corrected chi connectivity index (χ2v) is 5.39. The lowest BCUT2D eigenvalue weighted by Crippen LogP contribution is -2.30. The molecular formula is C19H21NO5. The van der Waals surface area contributed by atoms with Crippen LogP contribution in [-0.4, -0.2) is 32.6 Å². The Hall–Kier alpha value is -3.02. The predicted octanol–water partition coefficient (Wildman–Crippen LogP) is 2.49. The fourth-order valence-electron chi connectivity index (χ4n) is 2.25. The lowest BCUT2D eigenvalue weighted by molar-refractivity contribution is -0.143. The van der Waals surface area contributed by atoms with Gasteiger partial charge in [-0.2, -0.15) is 0 Å². The first kappa shape index (κ1) is 18.3. The average molecular weight is 343 g/mol. The van der Waals surface area contributed by atoms with Crippen LogP contribution in [0.1, 0.15) is 21.5 Å². The summed E-state index contributed by atoms with van der Waals surface area (Å²) in [5.41, 5.74) is 2.22. The molecule has 2 aromatic carbocycles. The highest BCUT2D eigenvalue weighted by Gasteiger charge is 2.11. The number of benzene rings is 2. The van der Waals surface area contributed by atoms with E-state index in [0.29, 0.717) is 17.1 Å². The van der Waals surface area contributed by atoms with Gasteiger partial charge >= 0.3 is 5.97 Å². The van der Waals surface area contributed by atoms with Crippen LogP contribution in [-0.2, 0) is 16.1 Å². The van der Waals surface area contributed by atoms with Crippen molar-refractivity contribution in [2.24, 2.45) is 0 Å². The first-order chi connectivity index (χ1) is 12.0. The van der Waals surface area contributed by atoms with Crippen molar-refractivity contribution in [3.63, 3.8) is 0 Å². The minimum Gasteiger partial charge on any atom is -0.497 e. The second kappa shape index (κ2) is 8.73. The number of hydrogen-bond donors (Lipinski definition) is 1. The Labute approximate surface area is 146 Å². The summed E-state index contributed by atoms with van der Waals surface area (Å²) in [5.74, 6) is 0.323. The molecule has 6 heteroatoms. The summed E-state index contributed by atoms with van der Waals surface area (Å²) in [6.45, 7) is 1.81. The van der Waals surface area contributed by atoms with Crippen LogP contribution in [0.15, 0.2) is 42.5 Å². The molecule has 0 radical (unpaired) electrons. The fourth-order valence-corrected chi connectivity index (χ4v) is 2.25. The Morgan fingerprint density at radius 2 is 1.84 bits per heavy atom. The molecule has 25 heavy (non-hydrogen) atoms. The topological polar surface area (TPSA) is 73.9 Å². The number of esters is 1. The van der Waals surface area contributed by atoms with E-state index in [2.05, 4.69) is 5.32 Å². The van der Waals surface area contributed by atoms with E-state index in [0.717, 1.165) is 11.1 Å². The maximum absolute atomic E-state index is 12.0. The van der Waals surface area contributed by atoms with Gasteiger partial charge in [-0.05, 0) is 37.3 Å². The lowest BCUT2D eigenvalue weighted by Gasteiger charge is -2.11. The molecule has 132 valence electrons. The molecule has 0 heterocycles. The number of aryl methyl sites for hydroxylation is 1. The van der Waals surface area contributed by atoms with Gasteiger partial charge in [0.15, 0.2) is 0 Å². The van der Waals surface area contributed by atoms with E-state index < -0.39 is 5.97 Å². The predicted molar refractivity (Wildman–Crippen MR) is 92.9 cm³/mol. The number of nitrogens with one attached hydrogen (secondary N) is 1. The quantitative estimate of drug-likeness (QED) is 0.782. The van der Waals surface area contributed by atoms with Gasteiger partial charge in [-0.15, -0.1) is 0 Å². The Morgan fingerprint density at radius 3 is 2.56 bits per heavy atom. The molecule has 0 bridgehead atoms. The average Bonchev–Trinajstić information content (AvgIpc) is 2.64. The van der Waals surface area contributed by atoms with Crippen molar-refractivity contribution in [3.05, 3.63) is 59.2 Å². The first-order valence-electron chi connectivity index (χ1n) is 7.75. The van der Waals surface area contributed by atoms with Crippen molar-refractivity contribution in [2.45, 2.75) is 13.5 Å². The number of ether oxygens (including phenoxy) is 3. The molecule has 0 saturated heterocycles. The van der Waals surface area contributed by atoms with Crippen molar-refractivity contribution in [3.8, 4) is 11.5 Å². The first-order valence-corrected chi connectivity index (χ1v) is 7.75. The van der Waals surface area contributed by atoms with E-state index >= 15 is 0 Å². The van der Waals surface area contributed by atoms with E-state index in [1.807, 2.05) is 25.1 Å². The SMILES string of the molecule is COc1cccc(C(=O)NCC(=O)OCc2cc(C)ccc2OC)c1. The highest BCUT2D eigenvalue weighted by molar-refractivity contribution is 5.96. The highest BCUT2D eigenvalue weighted by atomic mass is 16.5. The van der Waals surface area contributed by atoms with Gasteiger partial charge in [-0.3, -0.25) is 9.59 Å². The third-order valence-electron chi connectivity index (χ3n) is 3.55. The van der Waals surface area contributed by atoms with Gasteiger partial charge in [-0.25, -0.2) is 0 Å². The summed E-state index contributed by atoms with van der Waals surface area (Å²) in [6.07, 6.45) is 0. The van der Waals surface area contributed by atoms with Crippen LogP contribution in [0, 0.1) is 6.92 Å². The van der Waals surface area contributed by atoms with Crippen LogP contribution in [0.2, 0.25) is 0 Å². The van der Waals surface area contributed by atoms with E-state index in [-0.39, 0.29) is 19.1 Å². The van der Waals surface area contributed by atoms with Crippen molar-refractivity contribution < 1.29 is 23.8 Å². The molecule has 0 saturated carbocycles. The minimum absolute atomic E-state index is 0.0821. The van der Waals surface area contributed by atoms with Gasteiger partial charge in [0.25, 0.3) is 5.91 Å². The summed E-state index contributed by atoms with van der Waals surface area (Å²) in [6, 6.07) is 12.3. The van der Waals surface area contributed by atoms with Crippen LogP contribution in [0.25, 0.3) is 0 Å². The molecule has 1 amide bonds. The maximum atomic E-state index is 12.0. The third-order valence-corrected chi connectivity index (χ3v) is 3.55. The van der Waals surface area contributed by atoms with Gasteiger partial charge in [0.05, 0.1) is 14.2 Å². The molecule has 0 aromatic heterocycles. The van der Waals surface area contributed by atoms with Crippen LogP contribution in [0.3, 0.4) is 0 Å². The number of methoxy groups -OCH3 is 2. The number of amides is 1. The largest absolute Gasteiger partial charge is 0.497 e. The summed E-state index contributed by atoms with van der Waals surface area (Å²) < 4.78 is 15.5. The molecule has 0 atom stereocenters. The molecule has 6 nitrogen and oxygen atoms in total. The molecule has 0 fully saturated rings. The van der Waals surface area contributed by atoms with Crippen LogP contribution in [0.4, 0.5) is 0 Å². The summed E-state index contributed by atoms with van der Waals surface area (Å²) in [4.78, 5) is 23.9. The number of rotatable bonds is 7. The monoisotopic (exact) mass is 343 g/mol. The maximum Gasteiger partial charge on any atom is 0.325 e. The van der Waals surface area contributed by atoms with Gasteiger partial charge in [0.1, 0.15) is 24.7 Å². The highest BCUT2D eigenvalue weighted by Crippen LogP contribution is 2.20.